The van der Waals surface area contributed by atoms with Crippen LogP contribution in [0.1, 0.15) is 6.92 Å². The molecule has 0 amide bonds. The van der Waals surface area contributed by atoms with E-state index in [1.807, 2.05) is 6.92 Å². The summed E-state index contributed by atoms with van der Waals surface area (Å²) in [4.78, 5) is 4.14. The van der Waals surface area contributed by atoms with E-state index in [4.69, 9.17) is 5.11 Å². The summed E-state index contributed by atoms with van der Waals surface area (Å²) in [6, 6.07) is 0. The Hall–Kier alpha value is 0.310. The summed E-state index contributed by atoms with van der Waals surface area (Å²) in [6.45, 7) is 4.31. The molecule has 14 heavy (non-hydrogen) atoms. The third kappa shape index (κ3) is 10.4. The van der Waals surface area contributed by atoms with E-state index < -0.39 is 0 Å². The van der Waals surface area contributed by atoms with E-state index >= 15 is 0 Å². The molecule has 0 unspecified atom stereocenters. The van der Waals surface area contributed by atoms with E-state index in [-0.39, 0.29) is 30.6 Å². The van der Waals surface area contributed by atoms with Gasteiger partial charge in [-0.15, -0.1) is 24.0 Å². The largest absolute Gasteiger partial charge is 0.394 e. The van der Waals surface area contributed by atoms with E-state index in [1.54, 1.807) is 11.8 Å². The lowest BCUT2D eigenvalue weighted by atomic mass is 10.6. The van der Waals surface area contributed by atoms with Crippen molar-refractivity contribution in [2.45, 2.75) is 6.92 Å². The van der Waals surface area contributed by atoms with Crippen LogP contribution in [0.15, 0.2) is 4.99 Å². The molecule has 0 heterocycles. The van der Waals surface area contributed by atoms with Crippen LogP contribution in [0, 0.1) is 0 Å². The number of nitrogens with zero attached hydrogens (tertiary/aromatic N) is 1. The van der Waals surface area contributed by atoms with Gasteiger partial charge in [0, 0.05) is 18.8 Å². The van der Waals surface area contributed by atoms with E-state index in [0.29, 0.717) is 6.54 Å². The minimum absolute atomic E-state index is 0. The van der Waals surface area contributed by atoms with Gasteiger partial charge in [-0.3, -0.25) is 4.99 Å². The number of hydrogen-bond acceptors (Lipinski definition) is 3. The van der Waals surface area contributed by atoms with Gasteiger partial charge in [0.25, 0.3) is 0 Å². The summed E-state index contributed by atoms with van der Waals surface area (Å²) in [5, 5.41) is 14.8. The van der Waals surface area contributed by atoms with E-state index in [9.17, 15) is 0 Å². The number of aliphatic imine (C=N–C) groups is 1. The molecule has 0 aliphatic heterocycles. The van der Waals surface area contributed by atoms with Gasteiger partial charge in [-0.25, -0.2) is 0 Å². The Morgan fingerprint density at radius 3 is 2.64 bits per heavy atom. The second-order valence-corrected chi connectivity index (χ2v) is 3.39. The molecule has 6 heteroatoms. The highest BCUT2D eigenvalue weighted by atomic mass is 127. The summed E-state index contributed by atoms with van der Waals surface area (Å²) in [7, 11) is 0. The average Bonchev–Trinajstić information content (AvgIpc) is 2.14. The highest BCUT2D eigenvalue weighted by Gasteiger charge is 1.93. The summed E-state index contributed by atoms with van der Waals surface area (Å²) in [6.07, 6.45) is 2.07. The van der Waals surface area contributed by atoms with Crippen molar-refractivity contribution in [3.05, 3.63) is 0 Å². The normalized spacial score (nSPS) is 10.6. The maximum Gasteiger partial charge on any atom is 0.191 e. The summed E-state index contributed by atoms with van der Waals surface area (Å²) in [5.74, 6) is 1.84. The second kappa shape index (κ2) is 13.3. The number of aliphatic hydroxyl groups excluding tert-OH is 1. The fourth-order valence-electron chi connectivity index (χ4n) is 0.775. The Morgan fingerprint density at radius 2 is 2.14 bits per heavy atom. The molecule has 0 aliphatic rings. The van der Waals surface area contributed by atoms with Crippen LogP contribution in [0.2, 0.25) is 0 Å². The van der Waals surface area contributed by atoms with Crippen molar-refractivity contribution < 1.29 is 5.11 Å². The van der Waals surface area contributed by atoms with Crippen LogP contribution in [0.5, 0.6) is 0 Å². The minimum Gasteiger partial charge on any atom is -0.394 e. The molecule has 0 radical (unpaired) electrons. The fraction of sp³-hybridized carbons (Fsp3) is 0.875. The van der Waals surface area contributed by atoms with Gasteiger partial charge in [0.1, 0.15) is 0 Å². The number of aliphatic hydroxyl groups is 1. The molecule has 0 aromatic rings. The Morgan fingerprint density at radius 1 is 1.43 bits per heavy atom. The van der Waals surface area contributed by atoms with Crippen LogP contribution >= 0.6 is 35.7 Å². The first-order valence-electron chi connectivity index (χ1n) is 4.47. The standard InChI is InChI=1S/C8H19N3OS.HI/c1-3-9-8(10-4-6-12)11-5-7-13-2;/h12H,3-7H2,1-2H3,(H2,9,10,11);1H. The smallest absolute Gasteiger partial charge is 0.191 e. The molecule has 0 aromatic heterocycles. The average molecular weight is 333 g/mol. The Labute approximate surface area is 107 Å². The zero-order chi connectivity index (χ0) is 9.94. The monoisotopic (exact) mass is 333 g/mol. The van der Waals surface area contributed by atoms with E-state index in [0.717, 1.165) is 24.8 Å². The lowest BCUT2D eigenvalue weighted by Gasteiger charge is -2.09. The van der Waals surface area contributed by atoms with Crippen molar-refractivity contribution in [1.82, 2.24) is 10.6 Å². The van der Waals surface area contributed by atoms with Gasteiger partial charge in [0.15, 0.2) is 5.96 Å². The molecule has 0 fully saturated rings. The maximum absolute atomic E-state index is 8.59. The zero-order valence-electron chi connectivity index (χ0n) is 8.75. The molecule has 0 aliphatic carbocycles. The van der Waals surface area contributed by atoms with Crippen LogP contribution in [-0.4, -0.2) is 49.3 Å². The van der Waals surface area contributed by atoms with Crippen LogP contribution in [0.3, 0.4) is 0 Å². The minimum atomic E-state index is 0. The second-order valence-electron chi connectivity index (χ2n) is 2.40. The first-order valence-corrected chi connectivity index (χ1v) is 5.86. The van der Waals surface area contributed by atoms with Gasteiger partial charge in [0.2, 0.25) is 0 Å². The van der Waals surface area contributed by atoms with Crippen LogP contribution in [-0.2, 0) is 0 Å². The topological polar surface area (TPSA) is 56.7 Å². The molecular formula is C8H20IN3OS. The molecular weight excluding hydrogens is 313 g/mol. The van der Waals surface area contributed by atoms with Crippen molar-refractivity contribution >= 4 is 41.7 Å². The number of thioether (sulfide) groups is 1. The highest BCUT2D eigenvalue weighted by Crippen LogP contribution is 1.86. The van der Waals surface area contributed by atoms with Crippen molar-refractivity contribution in [3.8, 4) is 0 Å². The molecule has 0 aromatic carbocycles. The van der Waals surface area contributed by atoms with E-state index in [1.165, 1.54) is 0 Å². The van der Waals surface area contributed by atoms with Crippen LogP contribution in [0.4, 0.5) is 0 Å². The molecule has 0 bridgehead atoms. The number of rotatable bonds is 6. The fourth-order valence-corrected chi connectivity index (χ4v) is 1.08. The van der Waals surface area contributed by atoms with E-state index in [2.05, 4.69) is 21.9 Å². The molecule has 0 atom stereocenters. The quantitative estimate of drug-likeness (QED) is 0.287. The predicted octanol–water partition coefficient (Wildman–Crippen LogP) is 0.515. The third-order valence-electron chi connectivity index (χ3n) is 1.31. The summed E-state index contributed by atoms with van der Waals surface area (Å²) >= 11 is 1.79. The van der Waals surface area contributed by atoms with Crippen molar-refractivity contribution in [2.75, 3.05) is 38.2 Å². The zero-order valence-corrected chi connectivity index (χ0v) is 11.9. The number of halogens is 1. The first-order chi connectivity index (χ1) is 6.35. The van der Waals surface area contributed by atoms with Gasteiger partial charge in [-0.05, 0) is 13.2 Å². The summed E-state index contributed by atoms with van der Waals surface area (Å²) < 4.78 is 0. The third-order valence-corrected chi connectivity index (χ3v) is 1.93. The van der Waals surface area contributed by atoms with Crippen molar-refractivity contribution in [3.63, 3.8) is 0 Å². The van der Waals surface area contributed by atoms with Crippen molar-refractivity contribution in [2.24, 2.45) is 4.99 Å². The molecule has 0 rings (SSSR count). The van der Waals surface area contributed by atoms with Crippen LogP contribution in [0.25, 0.3) is 0 Å². The summed E-state index contributed by atoms with van der Waals surface area (Å²) in [5.41, 5.74) is 0. The highest BCUT2D eigenvalue weighted by molar-refractivity contribution is 14.0. The first kappa shape index (κ1) is 16.7. The Balaban J connectivity index is 0. The van der Waals surface area contributed by atoms with Crippen molar-refractivity contribution in [1.29, 1.82) is 0 Å². The maximum atomic E-state index is 8.59. The molecule has 0 saturated heterocycles. The predicted molar refractivity (Wildman–Crippen MR) is 74.9 cm³/mol. The lowest BCUT2D eigenvalue weighted by molar-refractivity contribution is 0.306. The molecule has 3 N–H and O–H groups in total. The number of guanidine groups is 1. The Bertz CT molecular complexity index is 147. The van der Waals surface area contributed by atoms with Gasteiger partial charge in [-0.1, -0.05) is 0 Å². The van der Waals surface area contributed by atoms with Gasteiger partial charge in [0.05, 0.1) is 13.2 Å². The molecule has 4 nitrogen and oxygen atoms in total. The van der Waals surface area contributed by atoms with Crippen LogP contribution < -0.4 is 10.6 Å². The SMILES string of the molecule is CCNC(=NCCO)NCCSC.I. The van der Waals surface area contributed by atoms with Gasteiger partial charge < -0.3 is 15.7 Å². The number of hydrogen-bond donors (Lipinski definition) is 3. The van der Waals surface area contributed by atoms with Gasteiger partial charge >= 0.3 is 0 Å². The Kier molecular flexibility index (Phi) is 15.9. The molecule has 0 spiro atoms. The molecule has 86 valence electrons. The van der Waals surface area contributed by atoms with Gasteiger partial charge in [-0.2, -0.15) is 11.8 Å². The lowest BCUT2D eigenvalue weighted by Crippen LogP contribution is -2.38. The molecule has 0 saturated carbocycles. The number of nitrogens with one attached hydrogen (secondary N) is 2.